The van der Waals surface area contributed by atoms with Gasteiger partial charge in [-0.05, 0) is 53.7 Å². The Bertz CT molecular complexity index is 1030. The molecule has 0 saturated carbocycles. The van der Waals surface area contributed by atoms with Crippen LogP contribution in [0.5, 0.6) is 5.75 Å². The van der Waals surface area contributed by atoms with Crippen molar-refractivity contribution in [2.24, 2.45) is 5.92 Å². The number of methoxy groups -OCH3 is 1. The van der Waals surface area contributed by atoms with Crippen LogP contribution in [0, 0.1) is 5.92 Å². The second kappa shape index (κ2) is 9.53. The minimum Gasteiger partial charge on any atom is -0.494 e. The van der Waals surface area contributed by atoms with Crippen LogP contribution in [-0.4, -0.2) is 44.3 Å². The predicted octanol–water partition coefficient (Wildman–Crippen LogP) is 3.63. The molecule has 0 saturated heterocycles. The summed E-state index contributed by atoms with van der Waals surface area (Å²) in [5, 5.41) is 14.7. The van der Waals surface area contributed by atoms with Crippen LogP contribution in [-0.2, 0) is 4.79 Å². The zero-order chi connectivity index (χ0) is 21.7. The van der Waals surface area contributed by atoms with Gasteiger partial charge >= 0.3 is 0 Å². The quantitative estimate of drug-likeness (QED) is 0.435. The second-order valence-electron chi connectivity index (χ2n) is 6.89. The van der Waals surface area contributed by atoms with E-state index in [1.54, 1.807) is 36.1 Å². The van der Waals surface area contributed by atoms with E-state index in [0.29, 0.717) is 27.8 Å². The molecule has 1 atom stereocenters. The van der Waals surface area contributed by atoms with Crippen LogP contribution in [0.3, 0.4) is 0 Å². The molecule has 0 aliphatic carbocycles. The van der Waals surface area contributed by atoms with Gasteiger partial charge in [0.1, 0.15) is 11.4 Å². The van der Waals surface area contributed by atoms with Gasteiger partial charge in [-0.25, -0.2) is 0 Å². The number of carbonyl (C=O) groups excluding carboxylic acids is 2. The summed E-state index contributed by atoms with van der Waals surface area (Å²) >= 11 is 1.26. The molecule has 30 heavy (non-hydrogen) atoms. The fourth-order valence-electron chi connectivity index (χ4n) is 2.66. The molecule has 2 aromatic carbocycles. The number of nitrogens with one attached hydrogen (secondary N) is 1. The number of amides is 1. The number of rotatable bonds is 8. The van der Waals surface area contributed by atoms with Gasteiger partial charge in [0.15, 0.2) is 5.78 Å². The standard InChI is InChI=1S/C21H23N5O3S/c1-13(2)20(28)22-16-11-9-15(10-12-16)19(27)14(3)30-21-23-24-25-26(21)17-7-5-6-8-18(17)29-4/h5-14H,1-4H3,(H,22,28). The molecule has 9 heteroatoms. The summed E-state index contributed by atoms with van der Waals surface area (Å²) in [5.41, 5.74) is 1.90. The zero-order valence-electron chi connectivity index (χ0n) is 17.2. The highest BCUT2D eigenvalue weighted by molar-refractivity contribution is 8.00. The summed E-state index contributed by atoms with van der Waals surface area (Å²) in [6, 6.07) is 14.3. The molecule has 0 spiro atoms. The number of Topliss-reactive ketones (excluding diaryl/α,β-unsaturated/α-hetero) is 1. The van der Waals surface area contributed by atoms with E-state index < -0.39 is 5.25 Å². The first-order chi connectivity index (χ1) is 14.4. The summed E-state index contributed by atoms with van der Waals surface area (Å²) in [6.45, 7) is 5.46. The molecule has 3 rings (SSSR count). The Balaban J connectivity index is 1.73. The van der Waals surface area contributed by atoms with Gasteiger partial charge in [0.05, 0.1) is 12.4 Å². The van der Waals surface area contributed by atoms with Crippen molar-refractivity contribution in [3.8, 4) is 11.4 Å². The number of tetrazole rings is 1. The van der Waals surface area contributed by atoms with Crippen molar-refractivity contribution in [1.29, 1.82) is 0 Å². The first-order valence-electron chi connectivity index (χ1n) is 9.44. The zero-order valence-corrected chi connectivity index (χ0v) is 18.0. The van der Waals surface area contributed by atoms with Crippen molar-refractivity contribution in [1.82, 2.24) is 20.2 Å². The maximum Gasteiger partial charge on any atom is 0.226 e. The average Bonchev–Trinajstić information content (AvgIpc) is 3.21. The van der Waals surface area contributed by atoms with Crippen LogP contribution in [0.2, 0.25) is 0 Å². The van der Waals surface area contributed by atoms with Crippen molar-refractivity contribution in [3.63, 3.8) is 0 Å². The Morgan fingerprint density at radius 1 is 1.07 bits per heavy atom. The summed E-state index contributed by atoms with van der Waals surface area (Å²) in [7, 11) is 1.58. The van der Waals surface area contributed by atoms with Crippen LogP contribution in [0.1, 0.15) is 31.1 Å². The third-order valence-corrected chi connectivity index (χ3v) is 5.40. The lowest BCUT2D eigenvalue weighted by atomic mass is 10.1. The van der Waals surface area contributed by atoms with Crippen LogP contribution in [0.25, 0.3) is 5.69 Å². The first-order valence-corrected chi connectivity index (χ1v) is 10.3. The number of hydrogen-bond acceptors (Lipinski definition) is 7. The van der Waals surface area contributed by atoms with Gasteiger partial charge in [-0.2, -0.15) is 4.68 Å². The van der Waals surface area contributed by atoms with Crippen molar-refractivity contribution in [3.05, 3.63) is 54.1 Å². The highest BCUT2D eigenvalue weighted by Gasteiger charge is 2.21. The largest absolute Gasteiger partial charge is 0.494 e. The van der Waals surface area contributed by atoms with E-state index in [1.165, 1.54) is 11.8 Å². The molecule has 0 aliphatic rings. The molecule has 8 nitrogen and oxygen atoms in total. The van der Waals surface area contributed by atoms with Crippen molar-refractivity contribution in [2.75, 3.05) is 12.4 Å². The van der Waals surface area contributed by atoms with Gasteiger partial charge in [0.25, 0.3) is 0 Å². The maximum atomic E-state index is 12.9. The number of carbonyl (C=O) groups is 2. The number of hydrogen-bond donors (Lipinski definition) is 1. The molecule has 1 amide bonds. The molecular formula is C21H23N5O3S. The predicted molar refractivity (Wildman–Crippen MR) is 115 cm³/mol. The van der Waals surface area contributed by atoms with Gasteiger partial charge < -0.3 is 10.1 Å². The highest BCUT2D eigenvalue weighted by atomic mass is 32.2. The van der Waals surface area contributed by atoms with E-state index in [9.17, 15) is 9.59 Å². The van der Waals surface area contributed by atoms with Gasteiger partial charge in [0.2, 0.25) is 11.1 Å². The monoisotopic (exact) mass is 425 g/mol. The highest BCUT2D eigenvalue weighted by Crippen LogP contribution is 2.29. The fraction of sp³-hybridized carbons (Fsp3) is 0.286. The lowest BCUT2D eigenvalue weighted by Crippen LogP contribution is -2.18. The minimum atomic E-state index is -0.416. The summed E-state index contributed by atoms with van der Waals surface area (Å²) < 4.78 is 6.93. The summed E-state index contributed by atoms with van der Waals surface area (Å²) in [5.74, 6) is 0.388. The number of benzene rings is 2. The normalized spacial score (nSPS) is 11.9. The number of aromatic nitrogens is 4. The van der Waals surface area contributed by atoms with Gasteiger partial charge in [0, 0.05) is 17.2 Å². The molecule has 156 valence electrons. The fourth-order valence-corrected chi connectivity index (χ4v) is 3.54. The summed E-state index contributed by atoms with van der Waals surface area (Å²) in [6.07, 6.45) is 0. The molecule has 0 radical (unpaired) electrons. The Labute approximate surface area is 179 Å². The maximum absolute atomic E-state index is 12.9. The van der Waals surface area contributed by atoms with E-state index in [1.807, 2.05) is 45.0 Å². The SMILES string of the molecule is COc1ccccc1-n1nnnc1SC(C)C(=O)c1ccc(NC(=O)C(C)C)cc1. The van der Waals surface area contributed by atoms with Crippen LogP contribution in [0.15, 0.2) is 53.7 Å². The van der Waals surface area contributed by atoms with E-state index >= 15 is 0 Å². The van der Waals surface area contributed by atoms with Gasteiger partial charge in [-0.15, -0.1) is 5.10 Å². The Morgan fingerprint density at radius 2 is 1.77 bits per heavy atom. The van der Waals surface area contributed by atoms with E-state index in [-0.39, 0.29) is 17.6 Å². The summed E-state index contributed by atoms with van der Waals surface area (Å²) in [4.78, 5) is 24.7. The van der Waals surface area contributed by atoms with Crippen LogP contribution >= 0.6 is 11.8 Å². The minimum absolute atomic E-state index is 0.0590. The molecule has 1 heterocycles. The van der Waals surface area contributed by atoms with E-state index in [4.69, 9.17) is 4.74 Å². The Morgan fingerprint density at radius 3 is 2.43 bits per heavy atom. The number of para-hydroxylation sites is 2. The molecule has 1 N–H and O–H groups in total. The molecular weight excluding hydrogens is 402 g/mol. The van der Waals surface area contributed by atoms with Crippen molar-refractivity contribution in [2.45, 2.75) is 31.2 Å². The number of ether oxygens (including phenoxy) is 1. The number of thioether (sulfide) groups is 1. The number of ketones is 1. The van der Waals surface area contributed by atoms with Crippen molar-refractivity contribution >= 4 is 29.1 Å². The molecule has 0 fully saturated rings. The van der Waals surface area contributed by atoms with Crippen molar-refractivity contribution < 1.29 is 14.3 Å². The molecule has 0 aliphatic heterocycles. The lowest BCUT2D eigenvalue weighted by Gasteiger charge is -2.12. The first kappa shape index (κ1) is 21.5. The third kappa shape index (κ3) is 4.85. The van der Waals surface area contributed by atoms with E-state index in [2.05, 4.69) is 20.8 Å². The van der Waals surface area contributed by atoms with Gasteiger partial charge in [-0.1, -0.05) is 37.7 Å². The average molecular weight is 426 g/mol. The molecule has 0 bridgehead atoms. The van der Waals surface area contributed by atoms with E-state index in [0.717, 1.165) is 0 Å². The Kier molecular flexibility index (Phi) is 6.83. The van der Waals surface area contributed by atoms with Gasteiger partial charge in [-0.3, -0.25) is 9.59 Å². The molecule has 1 unspecified atom stereocenters. The third-order valence-electron chi connectivity index (χ3n) is 4.37. The smallest absolute Gasteiger partial charge is 0.226 e. The van der Waals surface area contributed by atoms with Crippen LogP contribution in [0.4, 0.5) is 5.69 Å². The number of anilines is 1. The second-order valence-corrected chi connectivity index (χ2v) is 8.20. The lowest BCUT2D eigenvalue weighted by molar-refractivity contribution is -0.118. The van der Waals surface area contributed by atoms with Crippen LogP contribution < -0.4 is 10.1 Å². The molecule has 3 aromatic rings. The Hall–Kier alpha value is -3.20. The molecule has 1 aromatic heterocycles. The number of nitrogens with zero attached hydrogens (tertiary/aromatic N) is 4. The topological polar surface area (TPSA) is 99.0 Å².